The summed E-state index contributed by atoms with van der Waals surface area (Å²) in [6, 6.07) is 13.7. The summed E-state index contributed by atoms with van der Waals surface area (Å²) in [6.07, 6.45) is 1.39. The van der Waals surface area contributed by atoms with Gasteiger partial charge in [0.2, 0.25) is 0 Å². The molecule has 0 aliphatic carbocycles. The first kappa shape index (κ1) is 19.8. The van der Waals surface area contributed by atoms with Gasteiger partial charge in [-0.3, -0.25) is 0 Å². The molecule has 3 aromatic rings. The summed E-state index contributed by atoms with van der Waals surface area (Å²) < 4.78 is 11.6. The molecule has 0 spiro atoms. The Balaban J connectivity index is 1.62. The lowest BCUT2D eigenvalue weighted by Gasteiger charge is -2.23. The number of hydrogen-bond donors (Lipinski definition) is 1. The number of benzene rings is 2. The maximum Gasteiger partial charge on any atom is 0.407 e. The molecule has 0 bridgehead atoms. The van der Waals surface area contributed by atoms with Gasteiger partial charge in [-0.2, -0.15) is 0 Å². The maximum absolute atomic E-state index is 11.3. The smallest absolute Gasteiger partial charge is 0.407 e. The largest absolute Gasteiger partial charge is 0.493 e. The Morgan fingerprint density at radius 1 is 1.07 bits per heavy atom. The van der Waals surface area contributed by atoms with Crippen LogP contribution in [0.15, 0.2) is 48.8 Å². The molecule has 8 heteroatoms. The lowest BCUT2D eigenvalue weighted by atomic mass is 10.2. The summed E-state index contributed by atoms with van der Waals surface area (Å²) in [6.45, 7) is 2.70. The van der Waals surface area contributed by atoms with Crippen LogP contribution in [-0.2, 0) is 6.61 Å². The highest BCUT2D eigenvalue weighted by atomic mass is 16.5. The van der Waals surface area contributed by atoms with E-state index in [0.717, 1.165) is 35.2 Å². The van der Waals surface area contributed by atoms with Crippen LogP contribution in [0.3, 0.4) is 0 Å². The van der Waals surface area contributed by atoms with Crippen molar-refractivity contribution in [3.05, 3.63) is 54.4 Å². The molecule has 1 amide bonds. The van der Waals surface area contributed by atoms with Gasteiger partial charge in [0.1, 0.15) is 18.8 Å². The zero-order valence-electron chi connectivity index (χ0n) is 16.8. The Hall–Kier alpha value is -3.55. The molecular formula is C22H24N4O4. The molecule has 1 aromatic heterocycles. The molecule has 4 rings (SSSR count). The number of nitrogens with zero attached hydrogens (tertiary/aromatic N) is 4. The lowest BCUT2D eigenvalue weighted by molar-refractivity contribution is 0.148. The van der Waals surface area contributed by atoms with Crippen LogP contribution >= 0.6 is 0 Å². The van der Waals surface area contributed by atoms with Crippen LogP contribution in [0.5, 0.6) is 11.5 Å². The number of anilines is 1. The van der Waals surface area contributed by atoms with Crippen molar-refractivity contribution in [2.24, 2.45) is 0 Å². The van der Waals surface area contributed by atoms with Gasteiger partial charge in [0.25, 0.3) is 0 Å². The number of amides is 1. The van der Waals surface area contributed by atoms with Gasteiger partial charge in [0.15, 0.2) is 11.5 Å². The first-order chi connectivity index (χ1) is 14.7. The van der Waals surface area contributed by atoms with E-state index in [2.05, 4.69) is 14.9 Å². The van der Waals surface area contributed by atoms with Crippen molar-refractivity contribution in [3.63, 3.8) is 0 Å². The normalized spacial score (nSPS) is 14.4. The Morgan fingerprint density at radius 2 is 1.90 bits per heavy atom. The molecule has 0 radical (unpaired) electrons. The Morgan fingerprint density at radius 3 is 2.67 bits per heavy atom. The highest BCUT2D eigenvalue weighted by Crippen LogP contribution is 2.35. The first-order valence-corrected chi connectivity index (χ1v) is 9.88. The third-order valence-corrected chi connectivity index (χ3v) is 5.20. The molecule has 1 aliphatic heterocycles. The Kier molecular flexibility index (Phi) is 5.83. The predicted molar refractivity (Wildman–Crippen MR) is 113 cm³/mol. The minimum absolute atomic E-state index is 0.428. The topological polar surface area (TPSA) is 88.0 Å². The Bertz CT molecular complexity index is 1030. The quantitative estimate of drug-likeness (QED) is 0.692. The minimum Gasteiger partial charge on any atom is -0.493 e. The van der Waals surface area contributed by atoms with E-state index in [4.69, 9.17) is 9.47 Å². The van der Waals surface area contributed by atoms with Crippen LogP contribution in [0, 0.1) is 0 Å². The zero-order chi connectivity index (χ0) is 20.9. The second-order valence-electron chi connectivity index (χ2n) is 7.10. The highest BCUT2D eigenvalue weighted by Gasteiger charge is 2.21. The molecule has 1 N–H and O–H groups in total. The summed E-state index contributed by atoms with van der Waals surface area (Å²) in [5.41, 5.74) is 1.82. The van der Waals surface area contributed by atoms with E-state index < -0.39 is 6.09 Å². The van der Waals surface area contributed by atoms with Crippen LogP contribution in [0.25, 0.3) is 10.9 Å². The number of carboxylic acid groups (broad SMARTS) is 1. The molecule has 1 aliphatic rings. The number of fused-ring (bicyclic) bond motifs is 1. The summed E-state index contributed by atoms with van der Waals surface area (Å²) in [5, 5.41) is 10.1. The molecule has 8 nitrogen and oxygen atoms in total. The lowest BCUT2D eigenvalue weighted by Crippen LogP contribution is -2.34. The van der Waals surface area contributed by atoms with Crippen molar-refractivity contribution >= 4 is 22.8 Å². The summed E-state index contributed by atoms with van der Waals surface area (Å²) in [7, 11) is 1.61. The van der Waals surface area contributed by atoms with E-state index in [1.54, 1.807) is 7.11 Å². The van der Waals surface area contributed by atoms with Gasteiger partial charge in [-0.05, 0) is 18.1 Å². The Labute approximate surface area is 174 Å². The van der Waals surface area contributed by atoms with Gasteiger partial charge in [-0.25, -0.2) is 14.8 Å². The molecule has 2 heterocycles. The van der Waals surface area contributed by atoms with Gasteiger partial charge >= 0.3 is 6.09 Å². The van der Waals surface area contributed by atoms with Crippen molar-refractivity contribution in [2.75, 3.05) is 38.2 Å². The summed E-state index contributed by atoms with van der Waals surface area (Å²) >= 11 is 0. The fourth-order valence-electron chi connectivity index (χ4n) is 3.63. The SMILES string of the molecule is COc1cc2c(N3CCCN(C(=O)O)CC3)ncnc2cc1OCc1ccccc1. The number of ether oxygens (including phenoxy) is 2. The summed E-state index contributed by atoms with van der Waals surface area (Å²) in [4.78, 5) is 23.8. The molecule has 30 heavy (non-hydrogen) atoms. The van der Waals surface area contributed by atoms with Crippen LogP contribution in [0.1, 0.15) is 12.0 Å². The van der Waals surface area contributed by atoms with Gasteiger partial charge in [0.05, 0.1) is 12.6 Å². The highest BCUT2D eigenvalue weighted by molar-refractivity contribution is 5.92. The second kappa shape index (κ2) is 8.86. The molecular weight excluding hydrogens is 384 g/mol. The fraction of sp³-hybridized carbons (Fsp3) is 0.318. The maximum atomic E-state index is 11.3. The van der Waals surface area contributed by atoms with Crippen molar-refractivity contribution in [1.29, 1.82) is 0 Å². The van der Waals surface area contributed by atoms with E-state index in [0.29, 0.717) is 37.7 Å². The van der Waals surface area contributed by atoms with Crippen LogP contribution < -0.4 is 14.4 Å². The predicted octanol–water partition coefficient (Wildman–Crippen LogP) is 3.41. The molecule has 0 saturated carbocycles. The van der Waals surface area contributed by atoms with Crippen LogP contribution in [-0.4, -0.2) is 59.4 Å². The van der Waals surface area contributed by atoms with Crippen LogP contribution in [0.4, 0.5) is 10.6 Å². The van der Waals surface area contributed by atoms with E-state index in [1.807, 2.05) is 42.5 Å². The number of rotatable bonds is 5. The van der Waals surface area contributed by atoms with Crippen molar-refractivity contribution in [3.8, 4) is 11.5 Å². The standard InChI is InChI=1S/C22H24N4O4/c1-29-19-12-17-18(13-20(19)30-14-16-6-3-2-4-7-16)23-15-24-21(17)25-8-5-9-26(11-10-25)22(27)28/h2-4,6-7,12-13,15H,5,8-11,14H2,1H3,(H,27,28). The number of aromatic nitrogens is 2. The van der Waals surface area contributed by atoms with Gasteiger partial charge < -0.3 is 24.4 Å². The summed E-state index contributed by atoms with van der Waals surface area (Å²) in [5.74, 6) is 2.00. The molecule has 2 aromatic carbocycles. The minimum atomic E-state index is -0.883. The van der Waals surface area contributed by atoms with Gasteiger partial charge in [-0.1, -0.05) is 30.3 Å². The van der Waals surface area contributed by atoms with E-state index in [1.165, 1.54) is 11.2 Å². The number of methoxy groups -OCH3 is 1. The average Bonchev–Trinajstić information content (AvgIpc) is 3.03. The third-order valence-electron chi connectivity index (χ3n) is 5.20. The molecule has 1 saturated heterocycles. The second-order valence-corrected chi connectivity index (χ2v) is 7.10. The van der Waals surface area contributed by atoms with Crippen molar-refractivity contribution in [1.82, 2.24) is 14.9 Å². The zero-order valence-corrected chi connectivity index (χ0v) is 16.8. The van der Waals surface area contributed by atoms with Crippen molar-refractivity contribution < 1.29 is 19.4 Å². The van der Waals surface area contributed by atoms with Gasteiger partial charge in [-0.15, -0.1) is 0 Å². The van der Waals surface area contributed by atoms with Crippen molar-refractivity contribution in [2.45, 2.75) is 13.0 Å². The average molecular weight is 408 g/mol. The van der Waals surface area contributed by atoms with Gasteiger partial charge in [0, 0.05) is 37.6 Å². The molecule has 0 atom stereocenters. The van der Waals surface area contributed by atoms with E-state index >= 15 is 0 Å². The van der Waals surface area contributed by atoms with Crippen LogP contribution in [0.2, 0.25) is 0 Å². The van der Waals surface area contributed by atoms with E-state index in [-0.39, 0.29) is 0 Å². The monoisotopic (exact) mass is 408 g/mol. The first-order valence-electron chi connectivity index (χ1n) is 9.88. The van der Waals surface area contributed by atoms with E-state index in [9.17, 15) is 9.90 Å². The third kappa shape index (κ3) is 4.22. The molecule has 156 valence electrons. The molecule has 1 fully saturated rings. The number of hydrogen-bond acceptors (Lipinski definition) is 6. The molecule has 0 unspecified atom stereocenters. The number of carbonyl (C=O) groups is 1. The fourth-order valence-corrected chi connectivity index (χ4v) is 3.63.